The Balaban J connectivity index is 1.80. The Morgan fingerprint density at radius 2 is 1.91 bits per heavy atom. The second-order valence-corrected chi connectivity index (χ2v) is 7.54. The fourth-order valence-electron chi connectivity index (χ4n) is 3.70. The molecule has 3 aliphatic rings. The zero-order chi connectivity index (χ0) is 16.6. The van der Waals surface area contributed by atoms with Gasteiger partial charge in [0.25, 0.3) is 0 Å². The van der Waals surface area contributed by atoms with E-state index in [4.69, 9.17) is 9.47 Å². The number of rotatable bonds is 0. The molecule has 0 aromatic rings. The van der Waals surface area contributed by atoms with Gasteiger partial charge in [-0.2, -0.15) is 0 Å². The number of allylic oxidation sites excluding steroid dienone is 3. The summed E-state index contributed by atoms with van der Waals surface area (Å²) in [7, 11) is 0. The zero-order valence-corrected chi connectivity index (χ0v) is 14.8. The lowest BCUT2D eigenvalue weighted by molar-refractivity contribution is -0.138. The van der Waals surface area contributed by atoms with Crippen LogP contribution in [-0.4, -0.2) is 23.8 Å². The topological polar surface area (TPSA) is 38.8 Å². The molecule has 2 aliphatic heterocycles. The van der Waals surface area contributed by atoms with Gasteiger partial charge in [0, 0.05) is 5.57 Å². The van der Waals surface area contributed by atoms with Crippen LogP contribution in [0.15, 0.2) is 34.4 Å². The van der Waals surface area contributed by atoms with E-state index in [9.17, 15) is 4.79 Å². The lowest BCUT2D eigenvalue weighted by atomic mass is 9.93. The molecule has 1 fully saturated rings. The van der Waals surface area contributed by atoms with Crippen LogP contribution in [0.25, 0.3) is 0 Å². The molecule has 0 saturated carbocycles. The van der Waals surface area contributed by atoms with Crippen molar-refractivity contribution in [3.8, 4) is 0 Å². The molecule has 3 heteroatoms. The summed E-state index contributed by atoms with van der Waals surface area (Å²) in [5, 5.41) is 0. The molecule has 0 radical (unpaired) electrons. The van der Waals surface area contributed by atoms with Crippen molar-refractivity contribution in [1.29, 1.82) is 0 Å². The van der Waals surface area contributed by atoms with E-state index in [0.29, 0.717) is 6.10 Å². The van der Waals surface area contributed by atoms with Crippen LogP contribution in [0.3, 0.4) is 0 Å². The molecular weight excluding hydrogens is 288 g/mol. The summed E-state index contributed by atoms with van der Waals surface area (Å²) in [6.45, 7) is 8.44. The maximum atomic E-state index is 11.9. The van der Waals surface area contributed by atoms with Gasteiger partial charge in [0.15, 0.2) is 0 Å². The van der Waals surface area contributed by atoms with Gasteiger partial charge in [0.2, 0.25) is 0 Å². The van der Waals surface area contributed by atoms with Crippen molar-refractivity contribution < 1.29 is 14.3 Å². The van der Waals surface area contributed by atoms with Gasteiger partial charge in [0.05, 0.1) is 11.7 Å². The average molecular weight is 316 g/mol. The number of hydrogen-bond donors (Lipinski definition) is 0. The third kappa shape index (κ3) is 3.60. The molecule has 1 saturated heterocycles. The molecule has 3 nitrogen and oxygen atoms in total. The number of hydrogen-bond acceptors (Lipinski definition) is 3. The third-order valence-corrected chi connectivity index (χ3v) is 5.56. The van der Waals surface area contributed by atoms with Gasteiger partial charge in [-0.05, 0) is 77.9 Å². The van der Waals surface area contributed by atoms with Crippen LogP contribution in [0, 0.1) is 0 Å². The molecule has 3 atom stereocenters. The Kier molecular flexibility index (Phi) is 4.50. The Bertz CT molecular complexity index is 596. The summed E-state index contributed by atoms with van der Waals surface area (Å²) in [4.78, 5) is 11.9. The van der Waals surface area contributed by atoms with E-state index in [0.717, 1.165) is 49.7 Å². The normalized spacial score (nSPS) is 37.8. The highest BCUT2D eigenvalue weighted by Crippen LogP contribution is 2.44. The van der Waals surface area contributed by atoms with Gasteiger partial charge in [0.1, 0.15) is 6.10 Å². The van der Waals surface area contributed by atoms with E-state index in [1.54, 1.807) is 0 Å². The summed E-state index contributed by atoms with van der Waals surface area (Å²) in [6.07, 6.45) is 10.8. The van der Waals surface area contributed by atoms with E-state index in [1.807, 2.05) is 6.92 Å². The van der Waals surface area contributed by atoms with Crippen LogP contribution in [0.4, 0.5) is 0 Å². The zero-order valence-electron chi connectivity index (χ0n) is 14.8. The summed E-state index contributed by atoms with van der Waals surface area (Å²) < 4.78 is 11.5. The number of epoxide rings is 1. The predicted octanol–water partition coefficient (Wildman–Crippen LogP) is 4.63. The average Bonchev–Trinajstić information content (AvgIpc) is 3.06. The monoisotopic (exact) mass is 316 g/mol. The van der Waals surface area contributed by atoms with E-state index in [-0.39, 0.29) is 17.7 Å². The van der Waals surface area contributed by atoms with Gasteiger partial charge in [-0.25, -0.2) is 4.79 Å². The van der Waals surface area contributed by atoms with Gasteiger partial charge in [-0.3, -0.25) is 0 Å². The maximum Gasteiger partial charge on any atom is 0.334 e. The van der Waals surface area contributed by atoms with E-state index >= 15 is 0 Å². The minimum atomic E-state index is -0.162. The van der Waals surface area contributed by atoms with Crippen molar-refractivity contribution in [3.63, 3.8) is 0 Å². The molecule has 0 bridgehead atoms. The number of carbonyl (C=O) groups excluding carboxylic acids is 1. The molecule has 3 rings (SSSR count). The highest BCUT2D eigenvalue weighted by atomic mass is 16.6. The molecule has 0 aromatic heterocycles. The van der Waals surface area contributed by atoms with Crippen LogP contribution in [0.5, 0.6) is 0 Å². The third-order valence-electron chi connectivity index (χ3n) is 5.56. The minimum Gasteiger partial charge on any atom is -0.450 e. The van der Waals surface area contributed by atoms with Crippen molar-refractivity contribution in [3.05, 3.63) is 34.4 Å². The first kappa shape index (κ1) is 16.5. The van der Waals surface area contributed by atoms with Crippen molar-refractivity contribution in [1.82, 2.24) is 0 Å². The molecule has 2 heterocycles. The maximum absolute atomic E-state index is 11.9. The molecule has 0 spiro atoms. The van der Waals surface area contributed by atoms with Crippen LogP contribution in [0.2, 0.25) is 0 Å². The first-order chi connectivity index (χ1) is 10.9. The number of carbonyl (C=O) groups is 1. The Morgan fingerprint density at radius 3 is 2.70 bits per heavy atom. The summed E-state index contributed by atoms with van der Waals surface area (Å²) in [5.74, 6) is -0.155. The van der Waals surface area contributed by atoms with E-state index < -0.39 is 0 Å². The number of fused-ring (bicyclic) bond motifs is 2. The molecule has 23 heavy (non-hydrogen) atoms. The second-order valence-electron chi connectivity index (χ2n) is 7.54. The SMILES string of the molecule is CC1=CCC[C@]2(C)O[C@H]2CC/C(C)=C/[C@@H]2OC(=O)C(C)=C2CC1. The Hall–Kier alpha value is -1.35. The molecule has 0 unspecified atom stereocenters. The van der Waals surface area contributed by atoms with Gasteiger partial charge in [-0.15, -0.1) is 0 Å². The van der Waals surface area contributed by atoms with Crippen molar-refractivity contribution >= 4 is 5.97 Å². The lowest BCUT2D eigenvalue weighted by Gasteiger charge is -2.13. The molecule has 1 aliphatic carbocycles. The number of ether oxygens (including phenoxy) is 2. The second kappa shape index (κ2) is 6.27. The summed E-state index contributed by atoms with van der Waals surface area (Å²) in [6, 6.07) is 0. The lowest BCUT2D eigenvalue weighted by Crippen LogP contribution is -2.11. The van der Waals surface area contributed by atoms with Gasteiger partial charge >= 0.3 is 5.97 Å². The van der Waals surface area contributed by atoms with Crippen molar-refractivity contribution in [2.45, 2.75) is 84.0 Å². The van der Waals surface area contributed by atoms with Crippen LogP contribution in [-0.2, 0) is 14.3 Å². The Morgan fingerprint density at radius 1 is 1.13 bits per heavy atom. The summed E-state index contributed by atoms with van der Waals surface area (Å²) in [5.41, 5.74) is 4.71. The van der Waals surface area contributed by atoms with Crippen LogP contribution >= 0.6 is 0 Å². The molecule has 0 N–H and O–H groups in total. The smallest absolute Gasteiger partial charge is 0.334 e. The fourth-order valence-corrected chi connectivity index (χ4v) is 3.70. The number of esters is 1. The first-order valence-corrected chi connectivity index (χ1v) is 8.80. The van der Waals surface area contributed by atoms with E-state index in [1.165, 1.54) is 11.1 Å². The highest BCUT2D eigenvalue weighted by Gasteiger charge is 2.50. The van der Waals surface area contributed by atoms with Crippen molar-refractivity contribution in [2.75, 3.05) is 0 Å². The predicted molar refractivity (Wildman–Crippen MR) is 91.1 cm³/mol. The van der Waals surface area contributed by atoms with Crippen LogP contribution in [0.1, 0.15) is 66.2 Å². The first-order valence-electron chi connectivity index (χ1n) is 8.80. The van der Waals surface area contributed by atoms with Gasteiger partial charge < -0.3 is 9.47 Å². The standard InChI is InChI=1S/C20H28O3/c1-13-6-5-11-20(4)18(23-20)10-8-14(2)12-17-16(9-7-13)15(3)19(21)22-17/h6,12,17-18H,5,7-11H2,1-4H3/b13-6?,14-12+/t17-,18-,20-/m0/s1. The molecular formula is C20H28O3. The largest absolute Gasteiger partial charge is 0.450 e. The molecule has 0 aromatic carbocycles. The molecule has 0 amide bonds. The Labute approximate surface area is 139 Å². The fraction of sp³-hybridized carbons (Fsp3) is 0.650. The molecule has 126 valence electrons. The van der Waals surface area contributed by atoms with E-state index in [2.05, 4.69) is 32.9 Å². The van der Waals surface area contributed by atoms with Crippen LogP contribution < -0.4 is 0 Å². The van der Waals surface area contributed by atoms with Gasteiger partial charge in [-0.1, -0.05) is 17.2 Å². The van der Waals surface area contributed by atoms with Crippen molar-refractivity contribution in [2.24, 2.45) is 0 Å². The summed E-state index contributed by atoms with van der Waals surface area (Å²) >= 11 is 0. The quantitative estimate of drug-likeness (QED) is 0.371. The highest BCUT2D eigenvalue weighted by molar-refractivity contribution is 5.92. The minimum absolute atomic E-state index is 0.0721.